The monoisotopic (exact) mass is 606 g/mol. The summed E-state index contributed by atoms with van der Waals surface area (Å²) in [5, 5.41) is 11.2. The molecule has 0 fully saturated rings. The highest BCUT2D eigenvalue weighted by molar-refractivity contribution is 7.07. The van der Waals surface area contributed by atoms with Crippen molar-refractivity contribution >= 4 is 23.4 Å². The van der Waals surface area contributed by atoms with Gasteiger partial charge in [0.05, 0.1) is 36.6 Å². The van der Waals surface area contributed by atoms with Crippen LogP contribution >= 0.6 is 11.3 Å². The van der Waals surface area contributed by atoms with Crippen molar-refractivity contribution in [3.8, 4) is 17.2 Å². The number of carbonyl (C=O) groups is 1. The Balaban J connectivity index is 2.04. The summed E-state index contributed by atoms with van der Waals surface area (Å²) in [6.07, 6.45) is 2.60. The molecule has 3 aromatic rings. The van der Waals surface area contributed by atoms with Crippen LogP contribution < -0.4 is 24.4 Å². The Morgan fingerprint density at radius 3 is 2.26 bits per heavy atom. The number of fused-ring (bicyclic) bond motifs is 1. The zero-order valence-corrected chi connectivity index (χ0v) is 27.6. The third-order valence-electron chi connectivity index (χ3n) is 7.45. The Morgan fingerprint density at radius 2 is 1.72 bits per heavy atom. The molecule has 0 saturated heterocycles. The van der Waals surface area contributed by atoms with Gasteiger partial charge < -0.3 is 19.3 Å². The summed E-state index contributed by atoms with van der Waals surface area (Å²) < 4.78 is 18.9. The molecule has 1 unspecified atom stereocenters. The van der Waals surface area contributed by atoms with E-state index in [-0.39, 0.29) is 27.7 Å². The highest BCUT2D eigenvalue weighted by atomic mass is 32.1. The summed E-state index contributed by atoms with van der Waals surface area (Å²) in [5.41, 5.74) is 2.77. The van der Waals surface area contributed by atoms with E-state index in [2.05, 4.69) is 46.5 Å². The fraction of sp³-hybridized carbons (Fsp3) is 0.441. The topological polar surface area (TPSA) is 99.4 Å². The minimum Gasteiger partial charge on any atom is -0.507 e. The normalized spacial score (nSPS) is 15.7. The Kier molecular flexibility index (Phi) is 8.97. The number of phenolic OH excluding ortho intramolecular Hbond substituents is 1. The highest BCUT2D eigenvalue weighted by Gasteiger charge is 2.36. The van der Waals surface area contributed by atoms with Gasteiger partial charge in [-0.2, -0.15) is 0 Å². The molecule has 0 saturated carbocycles. The summed E-state index contributed by atoms with van der Waals surface area (Å²) in [5.74, 6) is 0.661. The number of rotatable bonds is 7. The number of ether oxygens (including phenoxy) is 3. The zero-order valence-electron chi connectivity index (χ0n) is 26.7. The average molecular weight is 607 g/mol. The van der Waals surface area contributed by atoms with E-state index in [9.17, 15) is 14.7 Å². The molecule has 1 N–H and O–H groups in total. The largest absolute Gasteiger partial charge is 0.507 e. The van der Waals surface area contributed by atoms with E-state index in [1.54, 1.807) is 24.7 Å². The average Bonchev–Trinajstić information content (AvgIpc) is 3.23. The molecule has 43 heavy (non-hydrogen) atoms. The lowest BCUT2D eigenvalue weighted by molar-refractivity contribution is -0.136. The van der Waals surface area contributed by atoms with E-state index in [0.29, 0.717) is 38.7 Å². The van der Waals surface area contributed by atoms with Gasteiger partial charge >= 0.3 is 5.97 Å². The first-order valence-corrected chi connectivity index (χ1v) is 15.2. The van der Waals surface area contributed by atoms with E-state index < -0.39 is 12.0 Å². The number of carbonyl (C=O) groups excluding carboxylic acids is 1. The van der Waals surface area contributed by atoms with Crippen molar-refractivity contribution in [3.05, 3.63) is 83.5 Å². The number of esters is 1. The minimum atomic E-state index is -0.845. The molecule has 1 aromatic heterocycles. The lowest BCUT2D eigenvalue weighted by Gasteiger charge is -2.27. The quantitative estimate of drug-likeness (QED) is 0.357. The van der Waals surface area contributed by atoms with Gasteiger partial charge in [-0.3, -0.25) is 9.36 Å². The molecule has 230 valence electrons. The van der Waals surface area contributed by atoms with Crippen LogP contribution in [0.1, 0.15) is 90.1 Å². The van der Waals surface area contributed by atoms with Crippen LogP contribution in [-0.4, -0.2) is 36.5 Å². The molecular formula is C34H42N2O6S. The standard InChI is InChI=1S/C34H42N2O6S/c1-11-15-42-29-21(13-12-14-24(29)40-9)27-26(31(39)41-10)19(2)35-32-36(27)30(38)25(43-32)18-20-16-22(33(3,4)5)28(37)23(17-20)34(6,7)8/h12-14,16-18,27,37H,11,15H2,1-10H3. The van der Waals surface area contributed by atoms with Crippen molar-refractivity contribution in [2.24, 2.45) is 4.99 Å². The molecule has 0 aliphatic carbocycles. The molecule has 8 nitrogen and oxygen atoms in total. The highest BCUT2D eigenvalue weighted by Crippen LogP contribution is 2.42. The second-order valence-electron chi connectivity index (χ2n) is 12.8. The summed E-state index contributed by atoms with van der Waals surface area (Å²) in [4.78, 5) is 32.6. The summed E-state index contributed by atoms with van der Waals surface area (Å²) in [6.45, 7) is 16.5. The third kappa shape index (κ3) is 6.13. The van der Waals surface area contributed by atoms with Crippen LogP contribution in [0.5, 0.6) is 17.2 Å². The molecular weight excluding hydrogens is 564 g/mol. The smallest absolute Gasteiger partial charge is 0.338 e. The van der Waals surface area contributed by atoms with Gasteiger partial charge in [0.15, 0.2) is 16.3 Å². The fourth-order valence-electron chi connectivity index (χ4n) is 5.29. The van der Waals surface area contributed by atoms with Crippen molar-refractivity contribution in [3.63, 3.8) is 0 Å². The van der Waals surface area contributed by atoms with E-state index in [1.807, 2.05) is 37.3 Å². The number of thiazole rings is 1. The van der Waals surface area contributed by atoms with Crippen LogP contribution in [0, 0.1) is 0 Å². The van der Waals surface area contributed by atoms with Gasteiger partial charge in [0.1, 0.15) is 11.8 Å². The predicted molar refractivity (Wildman–Crippen MR) is 170 cm³/mol. The van der Waals surface area contributed by atoms with Crippen LogP contribution in [0.15, 0.2) is 51.4 Å². The third-order valence-corrected chi connectivity index (χ3v) is 8.43. The summed E-state index contributed by atoms with van der Waals surface area (Å²) in [6, 6.07) is 8.46. The number of aromatic nitrogens is 1. The maximum absolute atomic E-state index is 14.3. The number of allylic oxidation sites excluding steroid dienone is 1. The van der Waals surface area contributed by atoms with Crippen LogP contribution in [0.4, 0.5) is 0 Å². The number of nitrogens with zero attached hydrogens (tertiary/aromatic N) is 2. The van der Waals surface area contributed by atoms with Gasteiger partial charge in [-0.25, -0.2) is 9.79 Å². The molecule has 1 aliphatic rings. The van der Waals surface area contributed by atoms with Crippen molar-refractivity contribution < 1.29 is 24.1 Å². The van der Waals surface area contributed by atoms with Gasteiger partial charge in [-0.15, -0.1) is 0 Å². The SMILES string of the molecule is CCCOc1c(OC)cccc1C1C(C(=O)OC)=C(C)N=c2sc(=Cc3cc(C(C)(C)C)c(O)c(C(C)(C)C)c3)c(=O)n21. The van der Waals surface area contributed by atoms with Crippen LogP contribution in [0.2, 0.25) is 0 Å². The molecule has 0 radical (unpaired) electrons. The van der Waals surface area contributed by atoms with Crippen molar-refractivity contribution in [2.75, 3.05) is 20.8 Å². The first kappa shape index (κ1) is 32.1. The number of aromatic hydroxyl groups is 1. The Bertz CT molecular complexity index is 1730. The molecule has 4 rings (SSSR count). The number of phenols is 1. The number of methoxy groups -OCH3 is 2. The van der Waals surface area contributed by atoms with Crippen molar-refractivity contribution in [2.45, 2.75) is 78.7 Å². The predicted octanol–water partition coefficient (Wildman–Crippen LogP) is 5.51. The molecule has 9 heteroatoms. The minimum absolute atomic E-state index is 0.255. The van der Waals surface area contributed by atoms with E-state index in [4.69, 9.17) is 14.2 Å². The van der Waals surface area contributed by atoms with Crippen molar-refractivity contribution in [1.82, 2.24) is 4.57 Å². The van der Waals surface area contributed by atoms with Gasteiger partial charge in [-0.1, -0.05) is 71.9 Å². The lowest BCUT2D eigenvalue weighted by atomic mass is 9.78. The van der Waals surface area contributed by atoms with E-state index in [0.717, 1.165) is 23.1 Å². The lowest BCUT2D eigenvalue weighted by Crippen LogP contribution is -2.40. The van der Waals surface area contributed by atoms with Gasteiger partial charge in [0.2, 0.25) is 0 Å². The molecule has 0 amide bonds. The van der Waals surface area contributed by atoms with Gasteiger partial charge in [0, 0.05) is 16.7 Å². The molecule has 0 bridgehead atoms. The van der Waals surface area contributed by atoms with E-state index >= 15 is 0 Å². The number of hydrogen-bond acceptors (Lipinski definition) is 8. The van der Waals surface area contributed by atoms with E-state index in [1.165, 1.54) is 18.4 Å². The molecule has 0 spiro atoms. The second kappa shape index (κ2) is 12.0. The van der Waals surface area contributed by atoms with Crippen LogP contribution in [0.25, 0.3) is 6.08 Å². The molecule has 1 aliphatic heterocycles. The van der Waals surface area contributed by atoms with Crippen molar-refractivity contribution in [1.29, 1.82) is 0 Å². The summed E-state index contributed by atoms with van der Waals surface area (Å²) >= 11 is 1.25. The summed E-state index contributed by atoms with van der Waals surface area (Å²) in [7, 11) is 2.87. The van der Waals surface area contributed by atoms with Gasteiger partial charge in [-0.05, 0) is 54.0 Å². The fourth-order valence-corrected chi connectivity index (χ4v) is 6.34. The maximum atomic E-state index is 14.3. The Morgan fingerprint density at radius 1 is 1.09 bits per heavy atom. The number of hydrogen-bond donors (Lipinski definition) is 1. The first-order valence-electron chi connectivity index (χ1n) is 14.4. The molecule has 2 heterocycles. The zero-order chi connectivity index (χ0) is 31.9. The maximum Gasteiger partial charge on any atom is 0.338 e. The van der Waals surface area contributed by atoms with Crippen LogP contribution in [-0.2, 0) is 20.4 Å². The number of para-hydroxylation sites is 1. The first-order chi connectivity index (χ1) is 20.1. The van der Waals surface area contributed by atoms with Gasteiger partial charge in [0.25, 0.3) is 5.56 Å². The Labute approximate surface area is 257 Å². The second-order valence-corrected chi connectivity index (χ2v) is 13.8. The molecule has 2 aromatic carbocycles. The molecule has 1 atom stereocenters. The van der Waals surface area contributed by atoms with Crippen LogP contribution in [0.3, 0.4) is 0 Å². The Hall–Kier alpha value is -3.85. The number of benzene rings is 2.